The first-order chi connectivity index (χ1) is 14.2. The second kappa shape index (κ2) is 9.03. The molecule has 0 radical (unpaired) electrons. The van der Waals surface area contributed by atoms with Crippen LogP contribution in [0.4, 0.5) is 4.39 Å². The number of hydrogen-bond donors (Lipinski definition) is 1. The lowest BCUT2D eigenvalue weighted by Crippen LogP contribution is -2.46. The Morgan fingerprint density at radius 1 is 1.24 bits per heavy atom. The van der Waals surface area contributed by atoms with Gasteiger partial charge in [0, 0.05) is 13.7 Å². The van der Waals surface area contributed by atoms with Gasteiger partial charge in [0.15, 0.2) is 0 Å². The van der Waals surface area contributed by atoms with E-state index in [0.29, 0.717) is 32.7 Å². The molecule has 4 rings (SSSR count). The molecule has 2 aromatic carbocycles. The number of methoxy groups -OCH3 is 1. The highest BCUT2D eigenvalue weighted by Gasteiger charge is 2.36. The fourth-order valence-corrected chi connectivity index (χ4v) is 4.29. The Morgan fingerprint density at radius 2 is 2.03 bits per heavy atom. The van der Waals surface area contributed by atoms with Gasteiger partial charge in [0.05, 0.1) is 25.3 Å². The van der Waals surface area contributed by atoms with Gasteiger partial charge in [0.1, 0.15) is 11.9 Å². The third kappa shape index (κ3) is 4.34. The molecule has 1 fully saturated rings. The maximum atomic E-state index is 13.5. The first-order valence-electron chi connectivity index (χ1n) is 10.1. The van der Waals surface area contributed by atoms with E-state index >= 15 is 0 Å². The van der Waals surface area contributed by atoms with Crippen molar-refractivity contribution in [3.05, 3.63) is 71.0 Å². The number of halogens is 1. The molecular weight excluding hydrogens is 371 g/mol. The number of carbonyl (C=O) groups excluding carboxylic acids is 1. The van der Waals surface area contributed by atoms with Crippen LogP contribution in [0.1, 0.15) is 29.2 Å². The van der Waals surface area contributed by atoms with Crippen molar-refractivity contribution in [1.82, 2.24) is 10.2 Å². The van der Waals surface area contributed by atoms with E-state index in [1.54, 1.807) is 19.2 Å². The van der Waals surface area contributed by atoms with E-state index in [1.165, 1.54) is 17.7 Å². The summed E-state index contributed by atoms with van der Waals surface area (Å²) < 4.78 is 24.7. The van der Waals surface area contributed by atoms with Crippen molar-refractivity contribution in [3.63, 3.8) is 0 Å². The van der Waals surface area contributed by atoms with E-state index in [0.717, 1.165) is 17.5 Å². The Morgan fingerprint density at radius 3 is 2.83 bits per heavy atom. The Bertz CT molecular complexity index is 842. The number of carbonyl (C=O) groups is 1. The van der Waals surface area contributed by atoms with Gasteiger partial charge in [-0.15, -0.1) is 0 Å². The van der Waals surface area contributed by atoms with Crippen LogP contribution in [0, 0.1) is 5.82 Å². The number of amides is 1. The van der Waals surface area contributed by atoms with Crippen LogP contribution in [0.3, 0.4) is 0 Å². The van der Waals surface area contributed by atoms with Crippen LogP contribution < -0.4 is 5.32 Å². The number of rotatable bonds is 4. The van der Waals surface area contributed by atoms with Crippen LogP contribution in [0.15, 0.2) is 48.5 Å². The quantitative estimate of drug-likeness (QED) is 0.861. The first-order valence-corrected chi connectivity index (χ1v) is 10.1. The highest BCUT2D eigenvalue weighted by molar-refractivity contribution is 5.82. The Kier molecular flexibility index (Phi) is 6.23. The molecule has 2 heterocycles. The smallest absolute Gasteiger partial charge is 0.252 e. The van der Waals surface area contributed by atoms with Gasteiger partial charge in [0.25, 0.3) is 5.91 Å². The van der Waals surface area contributed by atoms with Gasteiger partial charge in [-0.3, -0.25) is 4.79 Å². The Balaban J connectivity index is 1.61. The van der Waals surface area contributed by atoms with E-state index in [1.807, 2.05) is 17.0 Å². The van der Waals surface area contributed by atoms with Gasteiger partial charge < -0.3 is 19.7 Å². The van der Waals surface area contributed by atoms with E-state index in [9.17, 15) is 9.18 Å². The summed E-state index contributed by atoms with van der Waals surface area (Å²) >= 11 is 0. The van der Waals surface area contributed by atoms with Gasteiger partial charge >= 0.3 is 0 Å². The van der Waals surface area contributed by atoms with Crippen LogP contribution in [0.2, 0.25) is 0 Å². The SMILES string of the molecule is COC[C@H]1CO[C@H](C(=O)N2CCc3ccccc3[C@@H]2c2ccc(F)cc2)CCN1. The molecule has 2 aliphatic heterocycles. The lowest BCUT2D eigenvalue weighted by atomic mass is 9.87. The maximum absolute atomic E-state index is 13.5. The van der Waals surface area contributed by atoms with Gasteiger partial charge in [-0.25, -0.2) is 4.39 Å². The van der Waals surface area contributed by atoms with Crippen LogP contribution in [0.25, 0.3) is 0 Å². The Hall–Kier alpha value is -2.28. The van der Waals surface area contributed by atoms with E-state index in [4.69, 9.17) is 9.47 Å². The predicted octanol–water partition coefficient (Wildman–Crippen LogP) is 2.69. The average Bonchev–Trinajstić information content (AvgIpc) is 2.99. The molecule has 1 N–H and O–H groups in total. The van der Waals surface area contributed by atoms with Crippen LogP contribution >= 0.6 is 0 Å². The zero-order valence-electron chi connectivity index (χ0n) is 16.6. The monoisotopic (exact) mass is 398 g/mol. The highest BCUT2D eigenvalue weighted by Crippen LogP contribution is 2.36. The maximum Gasteiger partial charge on any atom is 0.252 e. The zero-order chi connectivity index (χ0) is 20.2. The minimum Gasteiger partial charge on any atom is -0.383 e. The lowest BCUT2D eigenvalue weighted by Gasteiger charge is -2.39. The third-order valence-corrected chi connectivity index (χ3v) is 5.73. The molecule has 5 nitrogen and oxygen atoms in total. The van der Waals surface area contributed by atoms with Gasteiger partial charge in [0.2, 0.25) is 0 Å². The normalized spacial score (nSPS) is 24.6. The summed E-state index contributed by atoms with van der Waals surface area (Å²) in [6.07, 6.45) is 0.932. The number of fused-ring (bicyclic) bond motifs is 1. The second-order valence-corrected chi connectivity index (χ2v) is 7.65. The molecule has 0 spiro atoms. The molecular formula is C23H27FN2O3. The number of nitrogens with one attached hydrogen (secondary N) is 1. The van der Waals surface area contributed by atoms with Crippen LogP contribution in [-0.2, 0) is 20.7 Å². The molecule has 0 aliphatic carbocycles. The Labute approximate surface area is 170 Å². The van der Waals surface area contributed by atoms with Crippen molar-refractivity contribution in [1.29, 1.82) is 0 Å². The van der Waals surface area contributed by atoms with Crippen LogP contribution in [-0.4, -0.2) is 56.4 Å². The standard InChI is InChI=1S/C23H27FN2O3/c1-28-14-19-15-29-21(10-12-25-19)23(27)26-13-11-16-4-2-3-5-20(16)22(26)17-6-8-18(24)9-7-17/h2-9,19,21-22,25H,10-15H2,1H3/t19-,21-,22-/m0/s1. The number of ether oxygens (including phenoxy) is 2. The first kappa shape index (κ1) is 20.0. The van der Waals surface area contributed by atoms with E-state index in [-0.39, 0.29) is 23.8 Å². The summed E-state index contributed by atoms with van der Waals surface area (Å²) in [5.74, 6) is -0.285. The fraction of sp³-hybridized carbons (Fsp3) is 0.435. The summed E-state index contributed by atoms with van der Waals surface area (Å²) in [4.78, 5) is 15.4. The largest absolute Gasteiger partial charge is 0.383 e. The molecule has 2 aromatic rings. The molecule has 29 heavy (non-hydrogen) atoms. The minimum absolute atomic E-state index is 0.00584. The molecule has 6 heteroatoms. The number of hydrogen-bond acceptors (Lipinski definition) is 4. The molecule has 3 atom stereocenters. The van der Waals surface area contributed by atoms with E-state index in [2.05, 4.69) is 17.4 Å². The van der Waals surface area contributed by atoms with Gasteiger partial charge in [-0.1, -0.05) is 36.4 Å². The second-order valence-electron chi connectivity index (χ2n) is 7.65. The van der Waals surface area contributed by atoms with Crippen molar-refractivity contribution in [2.24, 2.45) is 0 Å². The molecule has 0 saturated carbocycles. The summed E-state index contributed by atoms with van der Waals surface area (Å²) in [6.45, 7) is 2.31. The summed E-state index contributed by atoms with van der Waals surface area (Å²) in [7, 11) is 1.66. The summed E-state index contributed by atoms with van der Waals surface area (Å²) in [5, 5.41) is 3.37. The van der Waals surface area contributed by atoms with Gasteiger partial charge in [-0.2, -0.15) is 0 Å². The van der Waals surface area contributed by atoms with E-state index < -0.39 is 6.10 Å². The fourth-order valence-electron chi connectivity index (χ4n) is 4.29. The van der Waals surface area contributed by atoms with Crippen molar-refractivity contribution in [2.45, 2.75) is 31.0 Å². The predicted molar refractivity (Wildman–Crippen MR) is 108 cm³/mol. The molecule has 0 aromatic heterocycles. The number of nitrogens with zero attached hydrogens (tertiary/aromatic N) is 1. The zero-order valence-corrected chi connectivity index (χ0v) is 16.6. The van der Waals surface area contributed by atoms with Gasteiger partial charge in [-0.05, 0) is 48.2 Å². The molecule has 154 valence electrons. The minimum atomic E-state index is -0.488. The topological polar surface area (TPSA) is 50.8 Å². The lowest BCUT2D eigenvalue weighted by molar-refractivity contribution is -0.146. The molecule has 1 amide bonds. The molecule has 2 aliphatic rings. The molecule has 0 bridgehead atoms. The number of benzene rings is 2. The van der Waals surface area contributed by atoms with Crippen molar-refractivity contribution in [3.8, 4) is 0 Å². The molecule has 1 saturated heterocycles. The molecule has 0 unspecified atom stereocenters. The van der Waals surface area contributed by atoms with Crippen molar-refractivity contribution in [2.75, 3.05) is 33.4 Å². The highest BCUT2D eigenvalue weighted by atomic mass is 19.1. The average molecular weight is 398 g/mol. The van der Waals surface area contributed by atoms with Crippen LogP contribution in [0.5, 0.6) is 0 Å². The van der Waals surface area contributed by atoms with Crippen molar-refractivity contribution < 1.29 is 18.7 Å². The third-order valence-electron chi connectivity index (χ3n) is 5.73. The van der Waals surface area contributed by atoms with Crippen molar-refractivity contribution >= 4 is 5.91 Å². The summed E-state index contributed by atoms with van der Waals surface area (Å²) in [5.41, 5.74) is 3.24. The summed E-state index contributed by atoms with van der Waals surface area (Å²) in [6, 6.07) is 14.5.